The van der Waals surface area contributed by atoms with Gasteiger partial charge >= 0.3 is 0 Å². The molecule has 0 saturated carbocycles. The zero-order chi connectivity index (χ0) is 13.4. The standard InChI is InChI=1S/C13H17BrN2O2/c14-9-5-1-2-8-12(17)16-11-7-4-3-6-10(11)13(15)18/h3-4,6-7H,1-2,5,8-9H2,(H2,15,18)(H,16,17). The quantitative estimate of drug-likeness (QED) is 0.600. The number of rotatable bonds is 7. The van der Waals surface area contributed by atoms with Gasteiger partial charge in [-0.15, -0.1) is 0 Å². The lowest BCUT2D eigenvalue weighted by atomic mass is 10.1. The lowest BCUT2D eigenvalue weighted by molar-refractivity contribution is -0.116. The zero-order valence-corrected chi connectivity index (χ0v) is 11.7. The second-order valence-electron chi connectivity index (χ2n) is 3.96. The van der Waals surface area contributed by atoms with Gasteiger partial charge < -0.3 is 11.1 Å². The van der Waals surface area contributed by atoms with E-state index in [0.29, 0.717) is 17.7 Å². The highest BCUT2D eigenvalue weighted by atomic mass is 79.9. The summed E-state index contributed by atoms with van der Waals surface area (Å²) in [6.07, 6.45) is 3.37. The number of halogens is 1. The lowest BCUT2D eigenvalue weighted by Crippen LogP contribution is -2.17. The van der Waals surface area contributed by atoms with Crippen LogP contribution in [0.2, 0.25) is 0 Å². The molecule has 0 unspecified atom stereocenters. The molecule has 0 aliphatic carbocycles. The molecule has 3 N–H and O–H groups in total. The number of hydrogen-bond donors (Lipinski definition) is 2. The Morgan fingerprint density at radius 2 is 1.89 bits per heavy atom. The summed E-state index contributed by atoms with van der Waals surface area (Å²) < 4.78 is 0. The minimum atomic E-state index is -0.537. The number of unbranched alkanes of at least 4 members (excludes halogenated alkanes) is 2. The van der Waals surface area contributed by atoms with Gasteiger partial charge in [-0.25, -0.2) is 0 Å². The van der Waals surface area contributed by atoms with Crippen LogP contribution in [-0.2, 0) is 4.79 Å². The number of nitrogens with one attached hydrogen (secondary N) is 1. The average molecular weight is 313 g/mol. The van der Waals surface area contributed by atoms with Crippen LogP contribution in [-0.4, -0.2) is 17.1 Å². The number of carbonyl (C=O) groups excluding carboxylic acids is 2. The molecule has 0 radical (unpaired) electrons. The van der Waals surface area contributed by atoms with Crippen molar-refractivity contribution in [3.8, 4) is 0 Å². The topological polar surface area (TPSA) is 72.2 Å². The van der Waals surface area contributed by atoms with Gasteiger partial charge in [-0.3, -0.25) is 9.59 Å². The molecule has 4 nitrogen and oxygen atoms in total. The maximum Gasteiger partial charge on any atom is 0.250 e. The number of benzene rings is 1. The van der Waals surface area contributed by atoms with Crippen molar-refractivity contribution in [3.63, 3.8) is 0 Å². The summed E-state index contributed by atoms with van der Waals surface area (Å²) in [6.45, 7) is 0. The number of hydrogen-bond acceptors (Lipinski definition) is 2. The highest BCUT2D eigenvalue weighted by Gasteiger charge is 2.09. The minimum absolute atomic E-state index is 0.0849. The highest BCUT2D eigenvalue weighted by Crippen LogP contribution is 2.15. The molecule has 1 aromatic carbocycles. The maximum absolute atomic E-state index is 11.7. The second-order valence-corrected chi connectivity index (χ2v) is 4.75. The summed E-state index contributed by atoms with van der Waals surface area (Å²) >= 11 is 3.34. The van der Waals surface area contributed by atoms with Crippen LogP contribution >= 0.6 is 15.9 Å². The molecular formula is C13H17BrN2O2. The molecule has 98 valence electrons. The predicted molar refractivity (Wildman–Crippen MR) is 75.9 cm³/mol. The molecule has 0 bridgehead atoms. The van der Waals surface area contributed by atoms with E-state index in [9.17, 15) is 9.59 Å². The molecular weight excluding hydrogens is 296 g/mol. The first-order valence-electron chi connectivity index (χ1n) is 5.90. The van der Waals surface area contributed by atoms with E-state index in [1.165, 1.54) is 0 Å². The molecule has 1 rings (SSSR count). The van der Waals surface area contributed by atoms with E-state index in [0.717, 1.165) is 24.6 Å². The fourth-order valence-corrected chi connectivity index (χ4v) is 1.97. The van der Waals surface area contributed by atoms with E-state index >= 15 is 0 Å². The van der Waals surface area contributed by atoms with Crippen molar-refractivity contribution in [2.45, 2.75) is 25.7 Å². The van der Waals surface area contributed by atoms with Gasteiger partial charge in [0.15, 0.2) is 0 Å². The molecule has 0 aromatic heterocycles. The Kier molecular flexibility index (Phi) is 6.43. The average Bonchev–Trinajstić information content (AvgIpc) is 2.35. The molecule has 0 aliphatic rings. The number of amides is 2. The van der Waals surface area contributed by atoms with Gasteiger partial charge in [0.2, 0.25) is 5.91 Å². The maximum atomic E-state index is 11.7. The molecule has 0 heterocycles. The lowest BCUT2D eigenvalue weighted by Gasteiger charge is -2.08. The van der Waals surface area contributed by atoms with E-state index in [1.807, 2.05) is 0 Å². The van der Waals surface area contributed by atoms with Crippen LogP contribution in [0, 0.1) is 0 Å². The van der Waals surface area contributed by atoms with Crippen molar-refractivity contribution in [1.29, 1.82) is 0 Å². The molecule has 0 saturated heterocycles. The van der Waals surface area contributed by atoms with Crippen LogP contribution in [0.15, 0.2) is 24.3 Å². The van der Waals surface area contributed by atoms with E-state index < -0.39 is 5.91 Å². The van der Waals surface area contributed by atoms with Gasteiger partial charge in [0.05, 0.1) is 11.3 Å². The smallest absolute Gasteiger partial charge is 0.250 e. The first-order valence-corrected chi connectivity index (χ1v) is 7.02. The fourth-order valence-electron chi connectivity index (χ4n) is 1.58. The number of alkyl halides is 1. The molecule has 0 atom stereocenters. The Labute approximate surface area is 115 Å². The minimum Gasteiger partial charge on any atom is -0.366 e. The van der Waals surface area contributed by atoms with E-state index in [2.05, 4.69) is 21.2 Å². The Hall–Kier alpha value is -1.36. The summed E-state index contributed by atoms with van der Waals surface area (Å²) in [4.78, 5) is 22.8. The number of primary amides is 1. The van der Waals surface area contributed by atoms with Crippen LogP contribution in [0.1, 0.15) is 36.0 Å². The van der Waals surface area contributed by atoms with E-state index in [-0.39, 0.29) is 5.91 Å². The van der Waals surface area contributed by atoms with Crippen LogP contribution in [0.4, 0.5) is 5.69 Å². The second kappa shape index (κ2) is 7.87. The predicted octanol–water partition coefficient (Wildman–Crippen LogP) is 2.68. The summed E-state index contributed by atoms with van der Waals surface area (Å²) in [6, 6.07) is 6.75. The van der Waals surface area contributed by atoms with Crippen LogP contribution in [0.25, 0.3) is 0 Å². The molecule has 0 spiro atoms. The Bertz CT molecular complexity index is 421. The third kappa shape index (κ3) is 4.87. The van der Waals surface area contributed by atoms with E-state index in [4.69, 9.17) is 5.73 Å². The summed E-state index contributed by atoms with van der Waals surface area (Å²) in [5.41, 5.74) is 6.06. The summed E-state index contributed by atoms with van der Waals surface area (Å²) in [7, 11) is 0. The summed E-state index contributed by atoms with van der Waals surface area (Å²) in [5.74, 6) is -0.622. The normalized spacial score (nSPS) is 10.1. The van der Waals surface area contributed by atoms with Crippen molar-refractivity contribution in [3.05, 3.63) is 29.8 Å². The van der Waals surface area contributed by atoms with Gasteiger partial charge in [-0.05, 0) is 25.0 Å². The van der Waals surface area contributed by atoms with Crippen LogP contribution in [0.3, 0.4) is 0 Å². The molecule has 0 fully saturated rings. The van der Waals surface area contributed by atoms with Crippen LogP contribution < -0.4 is 11.1 Å². The first kappa shape index (κ1) is 14.7. The Morgan fingerprint density at radius 1 is 1.17 bits per heavy atom. The van der Waals surface area contributed by atoms with Crippen molar-refractivity contribution >= 4 is 33.4 Å². The Morgan fingerprint density at radius 3 is 2.56 bits per heavy atom. The van der Waals surface area contributed by atoms with Gasteiger partial charge in [0.25, 0.3) is 5.91 Å². The SMILES string of the molecule is NC(=O)c1ccccc1NC(=O)CCCCCBr. The molecule has 5 heteroatoms. The number of anilines is 1. The van der Waals surface area contributed by atoms with Crippen LogP contribution in [0.5, 0.6) is 0 Å². The Balaban J connectivity index is 2.51. The third-order valence-electron chi connectivity index (χ3n) is 2.50. The number of para-hydroxylation sites is 1. The molecule has 0 aliphatic heterocycles. The zero-order valence-electron chi connectivity index (χ0n) is 10.1. The van der Waals surface area contributed by atoms with Crippen molar-refractivity contribution < 1.29 is 9.59 Å². The van der Waals surface area contributed by atoms with E-state index in [1.54, 1.807) is 24.3 Å². The third-order valence-corrected chi connectivity index (χ3v) is 3.06. The van der Waals surface area contributed by atoms with Crippen molar-refractivity contribution in [2.75, 3.05) is 10.6 Å². The number of nitrogens with two attached hydrogens (primary N) is 1. The van der Waals surface area contributed by atoms with Crippen molar-refractivity contribution in [1.82, 2.24) is 0 Å². The van der Waals surface area contributed by atoms with Gasteiger partial charge in [0.1, 0.15) is 0 Å². The summed E-state index contributed by atoms with van der Waals surface area (Å²) in [5, 5.41) is 3.67. The molecule has 2 amide bonds. The number of carbonyl (C=O) groups is 2. The van der Waals surface area contributed by atoms with Gasteiger partial charge in [0, 0.05) is 11.8 Å². The van der Waals surface area contributed by atoms with Gasteiger partial charge in [-0.2, -0.15) is 0 Å². The fraction of sp³-hybridized carbons (Fsp3) is 0.385. The van der Waals surface area contributed by atoms with Crippen molar-refractivity contribution in [2.24, 2.45) is 5.73 Å². The molecule has 18 heavy (non-hydrogen) atoms. The van der Waals surface area contributed by atoms with Gasteiger partial charge in [-0.1, -0.05) is 34.5 Å². The first-order chi connectivity index (χ1) is 8.65. The highest BCUT2D eigenvalue weighted by molar-refractivity contribution is 9.09. The molecule has 1 aromatic rings. The largest absolute Gasteiger partial charge is 0.366 e. The monoisotopic (exact) mass is 312 g/mol.